The van der Waals surface area contributed by atoms with E-state index in [1.807, 2.05) is 30.3 Å². The van der Waals surface area contributed by atoms with E-state index in [0.29, 0.717) is 12.2 Å². The van der Waals surface area contributed by atoms with Crippen molar-refractivity contribution in [2.24, 2.45) is 0 Å². The smallest absolute Gasteiger partial charge is 0.145 e. The molecule has 2 aromatic rings. The first-order valence-corrected chi connectivity index (χ1v) is 7.13. The highest BCUT2D eigenvalue weighted by Crippen LogP contribution is 2.50. The van der Waals surface area contributed by atoms with Gasteiger partial charge >= 0.3 is 0 Å². The van der Waals surface area contributed by atoms with Crippen molar-refractivity contribution >= 4 is 17.3 Å². The first-order valence-electron chi connectivity index (χ1n) is 7.13. The third kappa shape index (κ3) is 1.46. The van der Waals surface area contributed by atoms with Crippen LogP contribution in [0, 0.1) is 0 Å². The Morgan fingerprint density at radius 1 is 1.10 bits per heavy atom. The molecule has 1 saturated carbocycles. The molecule has 0 N–H and O–H groups in total. The minimum Gasteiger partial charge on any atom is -0.325 e. The van der Waals surface area contributed by atoms with Gasteiger partial charge in [-0.25, -0.2) is 4.98 Å². The van der Waals surface area contributed by atoms with Crippen molar-refractivity contribution in [3.05, 3.63) is 54.2 Å². The normalized spacial score (nSPS) is 24.4. The van der Waals surface area contributed by atoms with Crippen LogP contribution in [-0.2, 0) is 10.2 Å². The molecule has 2 aliphatic rings. The second-order valence-corrected chi connectivity index (χ2v) is 5.65. The van der Waals surface area contributed by atoms with Crippen LogP contribution in [0.2, 0.25) is 0 Å². The molecule has 1 aromatic heterocycles. The molecule has 1 spiro atoms. The highest BCUT2D eigenvalue weighted by atomic mass is 16.1. The summed E-state index contributed by atoms with van der Waals surface area (Å²) >= 11 is 0. The average Bonchev–Trinajstić information content (AvgIpc) is 3.04. The van der Waals surface area contributed by atoms with Gasteiger partial charge in [0.25, 0.3) is 0 Å². The van der Waals surface area contributed by atoms with Gasteiger partial charge in [-0.15, -0.1) is 0 Å². The van der Waals surface area contributed by atoms with E-state index in [0.717, 1.165) is 30.9 Å². The SMILES string of the molecule is O=C1CCCC12CN(c1ccccn1)c1ccccc12. The summed E-state index contributed by atoms with van der Waals surface area (Å²) in [5, 5.41) is 0. The molecule has 0 bridgehead atoms. The molecule has 0 amide bonds. The van der Waals surface area contributed by atoms with Crippen molar-refractivity contribution in [1.82, 2.24) is 4.98 Å². The molecule has 1 aromatic carbocycles. The van der Waals surface area contributed by atoms with Crippen molar-refractivity contribution < 1.29 is 4.79 Å². The van der Waals surface area contributed by atoms with E-state index in [-0.39, 0.29) is 5.41 Å². The third-order valence-electron chi connectivity index (χ3n) is 4.61. The Morgan fingerprint density at radius 2 is 1.95 bits per heavy atom. The lowest BCUT2D eigenvalue weighted by Gasteiger charge is -2.23. The Labute approximate surface area is 118 Å². The first kappa shape index (κ1) is 11.6. The fourth-order valence-corrected chi connectivity index (χ4v) is 3.65. The largest absolute Gasteiger partial charge is 0.325 e. The summed E-state index contributed by atoms with van der Waals surface area (Å²) in [6.07, 6.45) is 4.49. The number of pyridine rings is 1. The topological polar surface area (TPSA) is 33.2 Å². The molecule has 100 valence electrons. The molecule has 1 unspecified atom stereocenters. The van der Waals surface area contributed by atoms with E-state index >= 15 is 0 Å². The fourth-order valence-electron chi connectivity index (χ4n) is 3.65. The number of aromatic nitrogens is 1. The summed E-state index contributed by atoms with van der Waals surface area (Å²) < 4.78 is 0. The molecule has 3 heteroatoms. The number of para-hydroxylation sites is 1. The van der Waals surface area contributed by atoms with Crippen molar-refractivity contribution in [3.63, 3.8) is 0 Å². The van der Waals surface area contributed by atoms with Gasteiger partial charge in [-0.05, 0) is 36.6 Å². The molecule has 2 heterocycles. The molecule has 1 atom stereocenters. The lowest BCUT2D eigenvalue weighted by atomic mass is 9.80. The number of hydrogen-bond donors (Lipinski definition) is 0. The molecular weight excluding hydrogens is 248 g/mol. The van der Waals surface area contributed by atoms with Gasteiger partial charge in [0.1, 0.15) is 11.6 Å². The van der Waals surface area contributed by atoms with Crippen molar-refractivity contribution in [2.45, 2.75) is 24.7 Å². The van der Waals surface area contributed by atoms with Gasteiger partial charge in [0, 0.05) is 24.8 Å². The number of fused-ring (bicyclic) bond motifs is 2. The number of carbonyl (C=O) groups excluding carboxylic acids is 1. The minimum absolute atomic E-state index is 0.298. The molecule has 20 heavy (non-hydrogen) atoms. The molecule has 0 saturated heterocycles. The standard InChI is InChI=1S/C17H16N2O/c20-15-8-5-10-17(15)12-19(16-9-3-4-11-18-16)14-7-2-1-6-13(14)17/h1-4,6-7,9,11H,5,8,10,12H2. The van der Waals surface area contributed by atoms with Crippen LogP contribution in [0.1, 0.15) is 24.8 Å². The lowest BCUT2D eigenvalue weighted by molar-refractivity contribution is -0.121. The molecule has 1 aliphatic carbocycles. The third-order valence-corrected chi connectivity index (χ3v) is 4.61. The minimum atomic E-state index is -0.298. The van der Waals surface area contributed by atoms with Crippen LogP contribution in [0.25, 0.3) is 0 Å². The maximum Gasteiger partial charge on any atom is 0.145 e. The number of rotatable bonds is 1. The lowest BCUT2D eigenvalue weighted by Crippen LogP contribution is -2.35. The predicted molar refractivity (Wildman–Crippen MR) is 78.2 cm³/mol. The summed E-state index contributed by atoms with van der Waals surface area (Å²) in [6.45, 7) is 0.738. The van der Waals surface area contributed by atoms with Crippen molar-refractivity contribution in [1.29, 1.82) is 0 Å². The maximum absolute atomic E-state index is 12.5. The highest BCUT2D eigenvalue weighted by Gasteiger charge is 2.50. The van der Waals surface area contributed by atoms with Crippen LogP contribution in [0.5, 0.6) is 0 Å². The van der Waals surface area contributed by atoms with E-state index in [1.165, 1.54) is 5.56 Å². The van der Waals surface area contributed by atoms with E-state index in [1.54, 1.807) is 6.20 Å². The zero-order valence-electron chi connectivity index (χ0n) is 11.2. The summed E-state index contributed by atoms with van der Waals surface area (Å²) in [6, 6.07) is 14.2. The van der Waals surface area contributed by atoms with Crippen molar-refractivity contribution in [2.75, 3.05) is 11.4 Å². The highest BCUT2D eigenvalue weighted by molar-refractivity contribution is 5.97. The molecule has 1 aliphatic heterocycles. The summed E-state index contributed by atoms with van der Waals surface area (Å²) in [5.74, 6) is 1.32. The van der Waals surface area contributed by atoms with Crippen LogP contribution in [0.3, 0.4) is 0 Å². The number of ketones is 1. The van der Waals surface area contributed by atoms with Gasteiger partial charge in [0.15, 0.2) is 0 Å². The zero-order chi connectivity index (χ0) is 13.6. The van der Waals surface area contributed by atoms with Crippen LogP contribution >= 0.6 is 0 Å². The second-order valence-electron chi connectivity index (χ2n) is 5.65. The first-order chi connectivity index (χ1) is 9.81. The number of nitrogens with zero attached hydrogens (tertiary/aromatic N) is 2. The van der Waals surface area contributed by atoms with Crippen LogP contribution < -0.4 is 4.90 Å². The molecule has 3 nitrogen and oxygen atoms in total. The van der Waals surface area contributed by atoms with Gasteiger partial charge in [-0.2, -0.15) is 0 Å². The number of carbonyl (C=O) groups is 1. The van der Waals surface area contributed by atoms with Gasteiger partial charge in [0.05, 0.1) is 5.41 Å². The van der Waals surface area contributed by atoms with Crippen LogP contribution in [0.15, 0.2) is 48.7 Å². The second kappa shape index (κ2) is 4.17. The number of benzene rings is 1. The number of anilines is 2. The Morgan fingerprint density at radius 3 is 2.70 bits per heavy atom. The van der Waals surface area contributed by atoms with E-state index in [4.69, 9.17) is 0 Å². The van der Waals surface area contributed by atoms with E-state index in [2.05, 4.69) is 22.0 Å². The Bertz CT molecular complexity index is 668. The predicted octanol–water partition coefficient (Wildman–Crippen LogP) is 3.22. The summed E-state index contributed by atoms with van der Waals surface area (Å²) in [7, 11) is 0. The molecular formula is C17H16N2O. The summed E-state index contributed by atoms with van der Waals surface area (Å²) in [5.41, 5.74) is 2.03. The van der Waals surface area contributed by atoms with Gasteiger partial charge in [-0.3, -0.25) is 4.79 Å². The van der Waals surface area contributed by atoms with E-state index < -0.39 is 0 Å². The number of hydrogen-bond acceptors (Lipinski definition) is 3. The van der Waals surface area contributed by atoms with Crippen LogP contribution in [0.4, 0.5) is 11.5 Å². The van der Waals surface area contributed by atoms with Crippen molar-refractivity contribution in [3.8, 4) is 0 Å². The molecule has 4 rings (SSSR count). The Balaban J connectivity index is 1.88. The van der Waals surface area contributed by atoms with Gasteiger partial charge < -0.3 is 4.90 Å². The maximum atomic E-state index is 12.5. The van der Waals surface area contributed by atoms with E-state index in [9.17, 15) is 4.79 Å². The monoisotopic (exact) mass is 264 g/mol. The quantitative estimate of drug-likeness (QED) is 0.793. The molecule has 1 fully saturated rings. The fraction of sp³-hybridized carbons (Fsp3) is 0.294. The van der Waals surface area contributed by atoms with Gasteiger partial charge in [-0.1, -0.05) is 24.3 Å². The zero-order valence-corrected chi connectivity index (χ0v) is 11.2. The Kier molecular flexibility index (Phi) is 2.43. The molecule has 0 radical (unpaired) electrons. The number of Topliss-reactive ketones (excluding diaryl/α,β-unsaturated/α-hetero) is 1. The Hall–Kier alpha value is -2.16. The average molecular weight is 264 g/mol. The van der Waals surface area contributed by atoms with Crippen LogP contribution in [-0.4, -0.2) is 17.3 Å². The summed E-state index contributed by atoms with van der Waals surface area (Å²) in [4.78, 5) is 19.1. The van der Waals surface area contributed by atoms with Gasteiger partial charge in [0.2, 0.25) is 0 Å².